The van der Waals surface area contributed by atoms with Gasteiger partial charge in [-0.2, -0.15) is 0 Å². The first-order chi connectivity index (χ1) is 13.6. The summed E-state index contributed by atoms with van der Waals surface area (Å²) in [6, 6.07) is 20.8. The van der Waals surface area contributed by atoms with Crippen LogP contribution in [-0.4, -0.2) is 11.1 Å². The summed E-state index contributed by atoms with van der Waals surface area (Å²) in [5, 5.41) is 0.422. The first-order valence-corrected chi connectivity index (χ1v) is 9.31. The molecule has 1 amide bonds. The van der Waals surface area contributed by atoms with E-state index < -0.39 is 0 Å². The summed E-state index contributed by atoms with van der Waals surface area (Å²) in [4.78, 5) is 19.5. The Labute approximate surface area is 165 Å². The SMILES string of the molecule is O=C1C(=Cc2ccccc2)SC(=Nc2ccc(F)cc2)N1c1ccc(F)cc1. The number of hydrogen-bond donors (Lipinski definition) is 0. The molecule has 0 bridgehead atoms. The summed E-state index contributed by atoms with van der Waals surface area (Å²) < 4.78 is 26.5. The van der Waals surface area contributed by atoms with Crippen LogP contribution in [0, 0.1) is 11.6 Å². The molecule has 3 aromatic carbocycles. The summed E-state index contributed by atoms with van der Waals surface area (Å²) in [7, 11) is 0. The lowest BCUT2D eigenvalue weighted by Crippen LogP contribution is -2.28. The van der Waals surface area contributed by atoms with E-state index in [0.29, 0.717) is 21.4 Å². The number of carbonyl (C=O) groups excluding carboxylic acids is 1. The third kappa shape index (κ3) is 3.87. The zero-order valence-corrected chi connectivity index (χ0v) is 15.4. The van der Waals surface area contributed by atoms with Gasteiger partial charge in [-0.3, -0.25) is 9.69 Å². The molecule has 1 aliphatic heterocycles. The van der Waals surface area contributed by atoms with Crippen molar-refractivity contribution in [3.8, 4) is 0 Å². The molecular weight excluding hydrogens is 378 g/mol. The van der Waals surface area contributed by atoms with Gasteiger partial charge in [0.2, 0.25) is 0 Å². The molecule has 6 heteroatoms. The molecule has 1 fully saturated rings. The molecule has 0 N–H and O–H groups in total. The number of thioether (sulfide) groups is 1. The van der Waals surface area contributed by atoms with Crippen LogP contribution in [0.5, 0.6) is 0 Å². The fraction of sp³-hybridized carbons (Fsp3) is 0. The Bertz CT molecular complexity index is 1060. The lowest BCUT2D eigenvalue weighted by molar-refractivity contribution is -0.113. The third-order valence-electron chi connectivity index (χ3n) is 4.04. The van der Waals surface area contributed by atoms with Crippen LogP contribution in [0.15, 0.2) is 88.8 Å². The highest BCUT2D eigenvalue weighted by molar-refractivity contribution is 8.19. The van der Waals surface area contributed by atoms with Crippen molar-refractivity contribution in [2.75, 3.05) is 4.90 Å². The molecule has 0 aliphatic carbocycles. The van der Waals surface area contributed by atoms with Gasteiger partial charge in [-0.05, 0) is 71.9 Å². The van der Waals surface area contributed by atoms with Gasteiger partial charge in [0.05, 0.1) is 16.3 Å². The Balaban J connectivity index is 1.77. The van der Waals surface area contributed by atoms with Gasteiger partial charge in [0.25, 0.3) is 5.91 Å². The average Bonchev–Trinajstić information content (AvgIpc) is 3.00. The van der Waals surface area contributed by atoms with Crippen molar-refractivity contribution in [3.63, 3.8) is 0 Å². The molecule has 3 aromatic rings. The van der Waals surface area contributed by atoms with Crippen molar-refractivity contribution in [2.24, 2.45) is 4.99 Å². The summed E-state index contributed by atoms with van der Waals surface area (Å²) in [6.45, 7) is 0. The lowest BCUT2D eigenvalue weighted by atomic mass is 10.2. The molecule has 0 saturated carbocycles. The van der Waals surface area contributed by atoms with Crippen LogP contribution in [0.2, 0.25) is 0 Å². The second-order valence-electron chi connectivity index (χ2n) is 6.01. The number of aliphatic imine (C=N–C) groups is 1. The number of anilines is 1. The van der Waals surface area contributed by atoms with Crippen LogP contribution < -0.4 is 4.90 Å². The standard InChI is InChI=1S/C22H14F2N2OS/c23-16-6-10-18(11-7-16)25-22-26(19-12-8-17(24)9-13-19)21(27)20(28-22)14-15-4-2-1-3-5-15/h1-14H. The van der Waals surface area contributed by atoms with Crippen molar-refractivity contribution in [3.05, 3.63) is 101 Å². The first kappa shape index (κ1) is 18.1. The van der Waals surface area contributed by atoms with Gasteiger partial charge in [-0.15, -0.1) is 0 Å². The van der Waals surface area contributed by atoms with Crippen LogP contribution in [0.25, 0.3) is 6.08 Å². The van der Waals surface area contributed by atoms with E-state index in [1.807, 2.05) is 30.3 Å². The predicted octanol–water partition coefficient (Wildman–Crippen LogP) is 5.77. The van der Waals surface area contributed by atoms with Gasteiger partial charge in [-0.1, -0.05) is 30.3 Å². The van der Waals surface area contributed by atoms with E-state index in [-0.39, 0.29) is 17.5 Å². The summed E-state index contributed by atoms with van der Waals surface area (Å²) in [5.74, 6) is -0.999. The monoisotopic (exact) mass is 392 g/mol. The smallest absolute Gasteiger partial charge is 0.268 e. The van der Waals surface area contributed by atoms with Crippen LogP contribution in [0.4, 0.5) is 20.2 Å². The quantitative estimate of drug-likeness (QED) is 0.530. The molecule has 4 rings (SSSR count). The molecule has 3 nitrogen and oxygen atoms in total. The largest absolute Gasteiger partial charge is 0.271 e. The number of halogens is 2. The number of hydrogen-bond acceptors (Lipinski definition) is 3. The zero-order valence-electron chi connectivity index (χ0n) is 14.5. The van der Waals surface area contributed by atoms with Crippen molar-refractivity contribution in [1.29, 1.82) is 0 Å². The maximum absolute atomic E-state index is 13.3. The second-order valence-corrected chi connectivity index (χ2v) is 7.02. The summed E-state index contributed by atoms with van der Waals surface area (Å²) >= 11 is 1.22. The Kier molecular flexibility index (Phi) is 5.04. The summed E-state index contributed by atoms with van der Waals surface area (Å²) in [5.41, 5.74) is 1.92. The van der Waals surface area contributed by atoms with Gasteiger partial charge in [0, 0.05) is 0 Å². The normalized spacial score (nSPS) is 16.9. The fourth-order valence-corrected chi connectivity index (χ4v) is 3.69. The van der Waals surface area contributed by atoms with E-state index in [1.165, 1.54) is 65.2 Å². The number of carbonyl (C=O) groups is 1. The molecule has 1 aliphatic rings. The fourth-order valence-electron chi connectivity index (χ4n) is 2.69. The Morgan fingerprint density at radius 2 is 1.43 bits per heavy atom. The van der Waals surface area contributed by atoms with Crippen LogP contribution in [-0.2, 0) is 4.79 Å². The first-order valence-electron chi connectivity index (χ1n) is 8.49. The van der Waals surface area contributed by atoms with Crippen LogP contribution in [0.1, 0.15) is 5.56 Å². The van der Waals surface area contributed by atoms with Crippen LogP contribution >= 0.6 is 11.8 Å². The molecule has 138 valence electrons. The number of nitrogens with zero attached hydrogens (tertiary/aromatic N) is 2. The number of rotatable bonds is 3. The minimum absolute atomic E-state index is 0.249. The Morgan fingerprint density at radius 3 is 2.07 bits per heavy atom. The lowest BCUT2D eigenvalue weighted by Gasteiger charge is -2.15. The second kappa shape index (κ2) is 7.78. The Morgan fingerprint density at radius 1 is 0.821 bits per heavy atom. The maximum atomic E-state index is 13.3. The van der Waals surface area contributed by atoms with Crippen molar-refractivity contribution < 1.29 is 13.6 Å². The molecule has 0 unspecified atom stereocenters. The maximum Gasteiger partial charge on any atom is 0.271 e. The predicted molar refractivity (Wildman–Crippen MR) is 109 cm³/mol. The van der Waals surface area contributed by atoms with Gasteiger partial charge in [0.1, 0.15) is 11.6 Å². The van der Waals surface area contributed by atoms with E-state index in [0.717, 1.165) is 5.56 Å². The highest BCUT2D eigenvalue weighted by Gasteiger charge is 2.34. The van der Waals surface area contributed by atoms with Gasteiger partial charge >= 0.3 is 0 Å². The molecule has 28 heavy (non-hydrogen) atoms. The number of amides is 1. The highest BCUT2D eigenvalue weighted by Crippen LogP contribution is 2.37. The van der Waals surface area contributed by atoms with E-state index in [9.17, 15) is 13.6 Å². The van der Waals surface area contributed by atoms with Gasteiger partial charge in [-0.25, -0.2) is 13.8 Å². The molecule has 0 spiro atoms. The van der Waals surface area contributed by atoms with Gasteiger partial charge < -0.3 is 0 Å². The van der Waals surface area contributed by atoms with Crippen molar-refractivity contribution >= 4 is 40.3 Å². The minimum atomic E-state index is -0.389. The number of benzene rings is 3. The van der Waals surface area contributed by atoms with Gasteiger partial charge in [0.15, 0.2) is 5.17 Å². The van der Waals surface area contributed by atoms with E-state index in [4.69, 9.17) is 0 Å². The van der Waals surface area contributed by atoms with Crippen molar-refractivity contribution in [1.82, 2.24) is 0 Å². The molecule has 0 aromatic heterocycles. The minimum Gasteiger partial charge on any atom is -0.268 e. The zero-order chi connectivity index (χ0) is 19.5. The molecule has 1 saturated heterocycles. The molecule has 1 heterocycles. The van der Waals surface area contributed by atoms with E-state index in [1.54, 1.807) is 6.08 Å². The third-order valence-corrected chi connectivity index (χ3v) is 5.01. The van der Waals surface area contributed by atoms with E-state index >= 15 is 0 Å². The number of amidine groups is 1. The highest BCUT2D eigenvalue weighted by atomic mass is 32.2. The summed E-state index contributed by atoms with van der Waals surface area (Å²) in [6.07, 6.45) is 1.79. The van der Waals surface area contributed by atoms with Crippen molar-refractivity contribution in [2.45, 2.75) is 0 Å². The molecular formula is C22H14F2N2OS. The molecule has 0 radical (unpaired) electrons. The Hall–Kier alpha value is -3.25. The topological polar surface area (TPSA) is 32.7 Å². The van der Waals surface area contributed by atoms with Crippen LogP contribution in [0.3, 0.4) is 0 Å². The average molecular weight is 392 g/mol. The molecule has 0 atom stereocenters. The van der Waals surface area contributed by atoms with E-state index in [2.05, 4.69) is 4.99 Å².